The van der Waals surface area contributed by atoms with Crippen LogP contribution in [-0.2, 0) is 0 Å². The molecule has 27 heavy (non-hydrogen) atoms. The van der Waals surface area contributed by atoms with Gasteiger partial charge in [0.25, 0.3) is 0 Å². The molecular weight excluding hydrogens is 505 g/mol. The van der Waals surface area contributed by atoms with Crippen molar-refractivity contribution < 1.29 is 0 Å². The fourth-order valence-corrected chi connectivity index (χ4v) is 10.2. The van der Waals surface area contributed by atoms with Crippen molar-refractivity contribution in [2.75, 3.05) is 57.5 Å². The molecule has 0 radical (unpaired) electrons. The molecule has 0 nitrogen and oxygen atoms in total. The van der Waals surface area contributed by atoms with Crippen LogP contribution < -0.4 is 0 Å². The minimum atomic E-state index is 0.484. The highest BCUT2D eigenvalue weighted by molar-refractivity contribution is 8.08. The van der Waals surface area contributed by atoms with Gasteiger partial charge in [-0.25, -0.2) is 0 Å². The van der Waals surface area contributed by atoms with Crippen molar-refractivity contribution in [1.82, 2.24) is 0 Å². The first kappa shape index (κ1) is 30.1. The van der Waals surface area contributed by atoms with Gasteiger partial charge in [0.1, 0.15) is 0 Å². The monoisotopic (exact) mass is 542 g/mol. The van der Waals surface area contributed by atoms with Crippen LogP contribution in [0.2, 0.25) is 0 Å². The number of thiol groups is 4. The Balaban J connectivity index is 4.51. The van der Waals surface area contributed by atoms with E-state index in [1.807, 2.05) is 0 Å². The van der Waals surface area contributed by atoms with Gasteiger partial charge in [0.05, 0.1) is 0 Å². The summed E-state index contributed by atoms with van der Waals surface area (Å²) in [6.07, 6.45) is 2.43. The highest BCUT2D eigenvalue weighted by Gasteiger charge is 2.18. The maximum atomic E-state index is 4.54. The van der Waals surface area contributed by atoms with Gasteiger partial charge >= 0.3 is 0 Å². The lowest BCUT2D eigenvalue weighted by molar-refractivity contribution is 1.06. The molecule has 0 aromatic heterocycles. The summed E-state index contributed by atoms with van der Waals surface area (Å²) in [4.78, 5) is 0. The summed E-state index contributed by atoms with van der Waals surface area (Å²) in [5.41, 5.74) is 0. The summed E-state index contributed by atoms with van der Waals surface area (Å²) >= 11 is 28.4. The molecule has 164 valence electrons. The first-order chi connectivity index (χ1) is 13.0. The third-order valence-electron chi connectivity index (χ3n) is 3.21. The fraction of sp³-hybridized carbons (Fsp3) is 1.00. The summed E-state index contributed by atoms with van der Waals surface area (Å²) in [5, 5.41) is 2.43. The van der Waals surface area contributed by atoms with Gasteiger partial charge in [-0.05, 0) is 35.9 Å². The quantitative estimate of drug-likeness (QED) is 0.0999. The molecule has 0 saturated heterocycles. The summed E-state index contributed by atoms with van der Waals surface area (Å²) in [7, 11) is 0. The molecule has 0 aromatic rings. The van der Waals surface area contributed by atoms with Gasteiger partial charge in [-0.15, -0.1) is 0 Å². The maximum absolute atomic E-state index is 4.54. The highest BCUT2D eigenvalue weighted by Crippen LogP contribution is 2.30. The zero-order valence-corrected chi connectivity index (χ0v) is 24.3. The molecule has 0 saturated carbocycles. The molecule has 0 fully saturated rings. The molecule has 0 amide bonds. The van der Waals surface area contributed by atoms with Crippen LogP contribution >= 0.6 is 109 Å². The van der Waals surface area contributed by atoms with Crippen molar-refractivity contribution in [2.45, 2.75) is 47.7 Å². The Kier molecular flexibility index (Phi) is 25.0. The Morgan fingerprint density at radius 2 is 0.963 bits per heavy atom. The van der Waals surface area contributed by atoms with Crippen LogP contribution in [0, 0.1) is 0 Å². The average Bonchev–Trinajstić information content (AvgIpc) is 2.61. The van der Waals surface area contributed by atoms with Crippen LogP contribution in [0.15, 0.2) is 0 Å². The predicted octanol–water partition coefficient (Wildman–Crippen LogP) is 6.67. The fourth-order valence-electron chi connectivity index (χ4n) is 2.03. The molecule has 0 spiro atoms. The third kappa shape index (κ3) is 22.1. The molecule has 4 atom stereocenters. The molecule has 0 aliphatic carbocycles. The van der Waals surface area contributed by atoms with E-state index >= 15 is 0 Å². The van der Waals surface area contributed by atoms with Crippen molar-refractivity contribution in [3.63, 3.8) is 0 Å². The number of hydrogen-bond donors (Lipinski definition) is 4. The van der Waals surface area contributed by atoms with Crippen LogP contribution in [0.1, 0.15) is 26.7 Å². The van der Waals surface area contributed by atoms with Gasteiger partial charge in [0.15, 0.2) is 0 Å². The van der Waals surface area contributed by atoms with Crippen LogP contribution in [0.25, 0.3) is 0 Å². The SMILES string of the molecule is CC(S)CSCC(CSCCCS)SC(CSCCCS)CSCC(C)S. The van der Waals surface area contributed by atoms with E-state index in [0.29, 0.717) is 10.5 Å². The molecule has 0 N–H and O–H groups in total. The maximum Gasteiger partial charge on any atom is 0.0232 e. The smallest absolute Gasteiger partial charge is 0.0232 e. The van der Waals surface area contributed by atoms with Crippen LogP contribution in [0.5, 0.6) is 0 Å². The first-order valence-corrected chi connectivity index (χ1v) is 17.4. The van der Waals surface area contributed by atoms with Crippen molar-refractivity contribution >= 4 is 109 Å². The minimum absolute atomic E-state index is 0.484. The Bertz CT molecular complexity index is 275. The van der Waals surface area contributed by atoms with Crippen molar-refractivity contribution in [3.8, 4) is 0 Å². The molecule has 0 aliphatic heterocycles. The zero-order chi connectivity index (χ0) is 20.3. The van der Waals surface area contributed by atoms with Gasteiger partial charge in [0.2, 0.25) is 0 Å². The van der Waals surface area contributed by atoms with E-state index < -0.39 is 0 Å². The molecule has 9 heteroatoms. The van der Waals surface area contributed by atoms with E-state index in [9.17, 15) is 0 Å². The molecule has 0 aromatic carbocycles. The van der Waals surface area contributed by atoms with Crippen molar-refractivity contribution in [3.05, 3.63) is 0 Å². The zero-order valence-electron chi connectivity index (χ0n) is 16.6. The van der Waals surface area contributed by atoms with E-state index in [4.69, 9.17) is 0 Å². The average molecular weight is 543 g/mol. The number of rotatable bonds is 20. The topological polar surface area (TPSA) is 0 Å². The molecule has 0 aliphatic rings. The van der Waals surface area contributed by atoms with Crippen molar-refractivity contribution in [2.24, 2.45) is 0 Å². The van der Waals surface area contributed by atoms with Crippen LogP contribution in [-0.4, -0.2) is 78.5 Å². The molecular formula is C18H38S9. The summed E-state index contributed by atoms with van der Waals surface area (Å²) < 4.78 is 0. The van der Waals surface area contributed by atoms with E-state index in [-0.39, 0.29) is 0 Å². The van der Waals surface area contributed by atoms with Gasteiger partial charge in [0, 0.05) is 55.5 Å². The number of thioether (sulfide) groups is 5. The Hall–Kier alpha value is 3.15. The molecule has 0 rings (SSSR count). The normalized spacial score (nSPS) is 16.2. The van der Waals surface area contributed by atoms with E-state index in [1.165, 1.54) is 47.4 Å². The Morgan fingerprint density at radius 3 is 1.30 bits per heavy atom. The van der Waals surface area contributed by atoms with Crippen LogP contribution in [0.3, 0.4) is 0 Å². The lowest BCUT2D eigenvalue weighted by Gasteiger charge is -2.23. The molecule has 4 unspecified atom stereocenters. The van der Waals surface area contributed by atoms with Crippen LogP contribution in [0.4, 0.5) is 0 Å². The number of hydrogen-bond acceptors (Lipinski definition) is 9. The highest BCUT2D eigenvalue weighted by atomic mass is 32.2. The Labute approximate surface area is 212 Å². The largest absolute Gasteiger partial charge is 0.179 e. The van der Waals surface area contributed by atoms with Gasteiger partial charge in [-0.3, -0.25) is 0 Å². The standard InChI is InChI=1S/C18H38S9/c1-15(21)9-25-13-17(11-23-7-3-5-19)27-18(12-24-8-4-6-20)14-26-10-16(2)22/h15-22H,3-14H2,1-2H3. The van der Waals surface area contributed by atoms with E-state index in [1.54, 1.807) is 0 Å². The summed E-state index contributed by atoms with van der Waals surface area (Å²) in [6.45, 7) is 4.38. The summed E-state index contributed by atoms with van der Waals surface area (Å²) in [5.74, 6) is 11.8. The van der Waals surface area contributed by atoms with Gasteiger partial charge in [-0.2, -0.15) is 109 Å². The predicted molar refractivity (Wildman–Crippen MR) is 158 cm³/mol. The second-order valence-electron chi connectivity index (χ2n) is 6.46. The molecule has 0 bridgehead atoms. The molecule has 0 heterocycles. The van der Waals surface area contributed by atoms with E-state index in [0.717, 1.165) is 33.5 Å². The first-order valence-electron chi connectivity index (χ1n) is 9.53. The second kappa shape index (κ2) is 22.3. The van der Waals surface area contributed by atoms with Crippen molar-refractivity contribution in [1.29, 1.82) is 0 Å². The lowest BCUT2D eigenvalue weighted by atomic mass is 10.5. The summed E-state index contributed by atoms with van der Waals surface area (Å²) in [6, 6.07) is 0. The van der Waals surface area contributed by atoms with E-state index in [2.05, 4.69) is 123 Å². The third-order valence-corrected chi connectivity index (χ3v) is 12.2. The van der Waals surface area contributed by atoms with Gasteiger partial charge in [-0.1, -0.05) is 13.8 Å². The lowest BCUT2D eigenvalue weighted by Crippen LogP contribution is -2.21. The second-order valence-corrected chi connectivity index (χ2v) is 15.2. The minimum Gasteiger partial charge on any atom is -0.179 e. The van der Waals surface area contributed by atoms with Gasteiger partial charge < -0.3 is 0 Å². The Morgan fingerprint density at radius 1 is 0.593 bits per heavy atom.